The van der Waals surface area contributed by atoms with Gasteiger partial charge in [0.1, 0.15) is 0 Å². The second-order valence-corrected chi connectivity index (χ2v) is 6.36. The van der Waals surface area contributed by atoms with E-state index in [0.717, 1.165) is 26.1 Å². The third-order valence-electron chi connectivity index (χ3n) is 4.71. The van der Waals surface area contributed by atoms with E-state index in [1.807, 2.05) is 0 Å². The molecule has 0 atom stereocenters. The molecule has 3 N–H and O–H groups in total. The van der Waals surface area contributed by atoms with Crippen molar-refractivity contribution in [2.24, 2.45) is 5.92 Å². The van der Waals surface area contributed by atoms with Crippen molar-refractivity contribution in [2.75, 3.05) is 19.8 Å². The van der Waals surface area contributed by atoms with E-state index < -0.39 is 11.6 Å². The molecule has 1 aliphatic heterocycles. The minimum Gasteiger partial charge on any atom is -0.481 e. The fourth-order valence-electron chi connectivity index (χ4n) is 2.96. The van der Waals surface area contributed by atoms with Crippen LogP contribution in [0.3, 0.4) is 0 Å². The number of rotatable bonds is 4. The third-order valence-corrected chi connectivity index (χ3v) is 4.71. The minimum absolute atomic E-state index is 0.0393. The summed E-state index contributed by atoms with van der Waals surface area (Å²) in [7, 11) is 0. The zero-order valence-corrected chi connectivity index (χ0v) is 11.7. The van der Waals surface area contributed by atoms with Gasteiger partial charge in [-0.2, -0.15) is 0 Å². The first-order valence-electron chi connectivity index (χ1n) is 7.21. The van der Waals surface area contributed by atoms with Crippen molar-refractivity contribution < 1.29 is 19.7 Å². The molecular weight excluding hydrogens is 246 g/mol. The number of β-amino-alcohol motifs (C(OH)–C–C–N with tert-alkyl or cyclic N) is 1. The molecule has 2 aliphatic rings. The predicted molar refractivity (Wildman–Crippen MR) is 71.0 cm³/mol. The lowest BCUT2D eigenvalue weighted by atomic mass is 9.78. The average Bonchev–Trinajstić information content (AvgIpc) is 2.38. The predicted octanol–water partition coefficient (Wildman–Crippen LogP) is 1.15. The topological polar surface area (TPSA) is 78.8 Å². The zero-order valence-electron chi connectivity index (χ0n) is 11.7. The van der Waals surface area contributed by atoms with Crippen LogP contribution in [-0.4, -0.2) is 47.1 Å². The van der Waals surface area contributed by atoms with Crippen LogP contribution in [-0.2, 0) is 9.53 Å². The summed E-state index contributed by atoms with van der Waals surface area (Å²) >= 11 is 0. The van der Waals surface area contributed by atoms with Gasteiger partial charge in [0.15, 0.2) is 0 Å². The lowest BCUT2D eigenvalue weighted by molar-refractivity contribution is -0.144. The van der Waals surface area contributed by atoms with E-state index in [-0.39, 0.29) is 11.5 Å². The van der Waals surface area contributed by atoms with Crippen LogP contribution in [0.15, 0.2) is 0 Å². The van der Waals surface area contributed by atoms with Gasteiger partial charge >= 0.3 is 5.97 Å². The molecule has 0 bridgehead atoms. The quantitative estimate of drug-likeness (QED) is 0.715. The number of aliphatic carboxylic acids is 1. The molecule has 0 amide bonds. The van der Waals surface area contributed by atoms with Crippen LogP contribution in [0.4, 0.5) is 0 Å². The number of carboxylic acid groups (broad SMARTS) is 1. The van der Waals surface area contributed by atoms with E-state index in [1.54, 1.807) is 0 Å². The van der Waals surface area contributed by atoms with Crippen molar-refractivity contribution >= 4 is 5.97 Å². The second kappa shape index (κ2) is 5.77. The molecule has 0 aromatic carbocycles. The van der Waals surface area contributed by atoms with Crippen LogP contribution in [0, 0.1) is 5.92 Å². The smallest absolute Gasteiger partial charge is 0.306 e. The van der Waals surface area contributed by atoms with Crippen molar-refractivity contribution in [3.05, 3.63) is 0 Å². The maximum atomic E-state index is 10.9. The highest BCUT2D eigenvalue weighted by Gasteiger charge is 2.37. The summed E-state index contributed by atoms with van der Waals surface area (Å²) < 4.78 is 5.35. The average molecular weight is 271 g/mol. The Morgan fingerprint density at radius 3 is 2.37 bits per heavy atom. The molecule has 0 radical (unpaired) electrons. The van der Waals surface area contributed by atoms with E-state index in [1.165, 1.54) is 0 Å². The maximum absolute atomic E-state index is 10.9. The number of carbonyl (C=O) groups is 1. The summed E-state index contributed by atoms with van der Waals surface area (Å²) in [6.45, 7) is 4.25. The Morgan fingerprint density at radius 1 is 1.26 bits per heavy atom. The van der Waals surface area contributed by atoms with Crippen molar-refractivity contribution in [1.29, 1.82) is 0 Å². The fraction of sp³-hybridized carbons (Fsp3) is 0.929. The van der Waals surface area contributed by atoms with Crippen LogP contribution in [0.25, 0.3) is 0 Å². The number of hydrogen-bond donors (Lipinski definition) is 3. The van der Waals surface area contributed by atoms with Crippen LogP contribution in [0.1, 0.15) is 45.4 Å². The van der Waals surface area contributed by atoms with E-state index in [0.29, 0.717) is 32.2 Å². The molecule has 0 spiro atoms. The molecular formula is C14H25NO4. The van der Waals surface area contributed by atoms with E-state index in [9.17, 15) is 9.90 Å². The summed E-state index contributed by atoms with van der Waals surface area (Å²) in [6, 6.07) is 0. The molecule has 19 heavy (non-hydrogen) atoms. The third kappa shape index (κ3) is 3.91. The molecule has 2 rings (SSSR count). The van der Waals surface area contributed by atoms with E-state index in [4.69, 9.17) is 9.84 Å². The molecule has 1 aliphatic carbocycles. The van der Waals surface area contributed by atoms with Gasteiger partial charge in [-0.3, -0.25) is 4.79 Å². The summed E-state index contributed by atoms with van der Waals surface area (Å²) in [5.41, 5.74) is -0.703. The van der Waals surface area contributed by atoms with Gasteiger partial charge in [0.2, 0.25) is 0 Å². The summed E-state index contributed by atoms with van der Waals surface area (Å²) in [5.74, 6) is -1.01. The van der Waals surface area contributed by atoms with Crippen molar-refractivity contribution in [3.8, 4) is 0 Å². The lowest BCUT2D eigenvalue weighted by Crippen LogP contribution is -2.54. The highest BCUT2D eigenvalue weighted by Crippen LogP contribution is 2.32. The zero-order chi connectivity index (χ0) is 13.9. The van der Waals surface area contributed by atoms with E-state index >= 15 is 0 Å². The first-order chi connectivity index (χ1) is 8.93. The lowest BCUT2D eigenvalue weighted by Gasteiger charge is -2.40. The first kappa shape index (κ1) is 14.8. The minimum atomic E-state index is -0.743. The number of ether oxygens (including phenoxy) is 1. The largest absolute Gasteiger partial charge is 0.481 e. The summed E-state index contributed by atoms with van der Waals surface area (Å²) in [6.07, 6.45) is 4.22. The van der Waals surface area contributed by atoms with E-state index in [2.05, 4.69) is 12.2 Å². The van der Waals surface area contributed by atoms with Gasteiger partial charge in [0, 0.05) is 25.3 Å². The molecule has 1 heterocycles. The van der Waals surface area contributed by atoms with Gasteiger partial charge in [-0.1, -0.05) is 0 Å². The molecule has 2 fully saturated rings. The summed E-state index contributed by atoms with van der Waals surface area (Å²) in [4.78, 5) is 10.9. The molecule has 5 heteroatoms. The summed E-state index contributed by atoms with van der Waals surface area (Å²) in [5, 5.41) is 23.0. The molecule has 0 unspecified atom stereocenters. The van der Waals surface area contributed by atoms with Gasteiger partial charge in [-0.15, -0.1) is 0 Å². The molecule has 1 saturated heterocycles. The Morgan fingerprint density at radius 2 is 1.84 bits per heavy atom. The first-order valence-corrected chi connectivity index (χ1v) is 7.21. The van der Waals surface area contributed by atoms with Crippen LogP contribution < -0.4 is 5.32 Å². The van der Waals surface area contributed by atoms with Gasteiger partial charge in [-0.05, 0) is 45.4 Å². The molecule has 1 saturated carbocycles. The Hall–Kier alpha value is -0.650. The monoisotopic (exact) mass is 271 g/mol. The normalized spacial score (nSPS) is 34.9. The number of hydrogen-bond acceptors (Lipinski definition) is 4. The number of carboxylic acids is 1. The van der Waals surface area contributed by atoms with Crippen LogP contribution in [0.5, 0.6) is 0 Å². The second-order valence-electron chi connectivity index (χ2n) is 6.36. The van der Waals surface area contributed by atoms with Crippen LogP contribution in [0.2, 0.25) is 0 Å². The van der Waals surface area contributed by atoms with Crippen LogP contribution >= 0.6 is 0 Å². The fourth-order valence-corrected chi connectivity index (χ4v) is 2.96. The van der Waals surface area contributed by atoms with Crippen molar-refractivity contribution in [3.63, 3.8) is 0 Å². The molecule has 5 nitrogen and oxygen atoms in total. The molecule has 0 aromatic rings. The van der Waals surface area contributed by atoms with Gasteiger partial charge in [-0.25, -0.2) is 0 Å². The Labute approximate surface area is 114 Å². The maximum Gasteiger partial charge on any atom is 0.306 e. The SMILES string of the molecule is CC1(NCC2(O)CCC(C(=O)O)CC2)CCOCC1. The number of aliphatic hydroxyl groups is 1. The van der Waals surface area contributed by atoms with Gasteiger partial charge in [0.05, 0.1) is 11.5 Å². The van der Waals surface area contributed by atoms with Gasteiger partial charge < -0.3 is 20.3 Å². The van der Waals surface area contributed by atoms with Gasteiger partial charge in [0.25, 0.3) is 0 Å². The highest BCUT2D eigenvalue weighted by atomic mass is 16.5. The standard InChI is InChI=1S/C14H25NO4/c1-13(6-8-19-9-7-13)15-10-14(18)4-2-11(3-5-14)12(16)17/h11,15,18H,2-10H2,1H3,(H,16,17). The number of nitrogens with one attached hydrogen (secondary N) is 1. The Bertz CT molecular complexity index is 317. The van der Waals surface area contributed by atoms with Crippen molar-refractivity contribution in [2.45, 2.75) is 56.6 Å². The highest BCUT2D eigenvalue weighted by molar-refractivity contribution is 5.70. The molecule has 110 valence electrons. The molecule has 0 aromatic heterocycles. The van der Waals surface area contributed by atoms with Crippen molar-refractivity contribution in [1.82, 2.24) is 5.32 Å². The Balaban J connectivity index is 1.80. The Kier molecular flexibility index (Phi) is 4.48.